The van der Waals surface area contributed by atoms with E-state index in [1.807, 2.05) is 24.3 Å². The quantitative estimate of drug-likeness (QED) is 0.789. The minimum absolute atomic E-state index is 0.0664. The molecule has 26 heavy (non-hydrogen) atoms. The first-order chi connectivity index (χ1) is 12.5. The van der Waals surface area contributed by atoms with Crippen LogP contribution in [0.5, 0.6) is 5.75 Å². The maximum absolute atomic E-state index is 12.4. The van der Waals surface area contributed by atoms with Crippen LogP contribution in [0.3, 0.4) is 0 Å². The number of carbonyl (C=O) groups is 2. The van der Waals surface area contributed by atoms with Gasteiger partial charge in [0.2, 0.25) is 0 Å². The van der Waals surface area contributed by atoms with Crippen molar-refractivity contribution in [2.75, 3.05) is 20.7 Å². The van der Waals surface area contributed by atoms with Crippen molar-refractivity contribution in [1.82, 2.24) is 10.2 Å². The van der Waals surface area contributed by atoms with Gasteiger partial charge in [-0.15, -0.1) is 0 Å². The summed E-state index contributed by atoms with van der Waals surface area (Å²) in [6, 6.07) is 14.4. The first kappa shape index (κ1) is 19.5. The van der Waals surface area contributed by atoms with E-state index in [0.29, 0.717) is 24.2 Å². The zero-order chi connectivity index (χ0) is 18.9. The molecule has 1 N–H and O–H groups in total. The molecule has 0 aromatic heterocycles. The Kier molecular flexibility index (Phi) is 7.21. The fraction of sp³-hybridized carbons (Fsp3) is 0.333. The van der Waals surface area contributed by atoms with Crippen molar-refractivity contribution in [2.45, 2.75) is 26.3 Å². The molecule has 0 spiro atoms. The molecule has 2 aromatic rings. The molecule has 0 fully saturated rings. The van der Waals surface area contributed by atoms with Crippen LogP contribution in [0.4, 0.5) is 0 Å². The minimum atomic E-state index is -0.202. The summed E-state index contributed by atoms with van der Waals surface area (Å²) in [5, 5.41) is 2.88. The van der Waals surface area contributed by atoms with Gasteiger partial charge in [-0.1, -0.05) is 31.5 Å². The molecule has 0 saturated heterocycles. The van der Waals surface area contributed by atoms with Crippen LogP contribution in [-0.4, -0.2) is 37.4 Å². The normalized spacial score (nSPS) is 10.3. The lowest BCUT2D eigenvalue weighted by molar-refractivity contribution is 0.0793. The predicted octanol–water partition coefficient (Wildman–Crippen LogP) is 3.50. The van der Waals surface area contributed by atoms with Gasteiger partial charge in [-0.25, -0.2) is 0 Å². The number of unbranched alkanes of at least 4 members (excludes halogenated alkanes) is 1. The van der Waals surface area contributed by atoms with Crippen LogP contribution in [0.25, 0.3) is 0 Å². The average molecular weight is 354 g/mol. The number of amides is 2. The molecule has 138 valence electrons. The lowest BCUT2D eigenvalue weighted by Crippen LogP contribution is -2.28. The topological polar surface area (TPSA) is 58.6 Å². The van der Waals surface area contributed by atoms with Gasteiger partial charge in [0.15, 0.2) is 0 Å². The number of hydrogen-bond donors (Lipinski definition) is 1. The second-order valence-electron chi connectivity index (χ2n) is 6.19. The number of carbonyl (C=O) groups excluding carboxylic acids is 2. The summed E-state index contributed by atoms with van der Waals surface area (Å²) in [5.74, 6) is 0.508. The second-order valence-corrected chi connectivity index (χ2v) is 6.19. The van der Waals surface area contributed by atoms with Crippen LogP contribution < -0.4 is 10.1 Å². The molecule has 0 saturated carbocycles. The van der Waals surface area contributed by atoms with E-state index < -0.39 is 0 Å². The van der Waals surface area contributed by atoms with Crippen molar-refractivity contribution in [2.24, 2.45) is 0 Å². The summed E-state index contributed by atoms with van der Waals surface area (Å²) < 4.78 is 5.12. The van der Waals surface area contributed by atoms with Crippen LogP contribution in [0.15, 0.2) is 48.5 Å². The maximum Gasteiger partial charge on any atom is 0.253 e. The fourth-order valence-corrected chi connectivity index (χ4v) is 2.54. The van der Waals surface area contributed by atoms with Crippen LogP contribution in [0.2, 0.25) is 0 Å². The molecule has 0 aliphatic carbocycles. The smallest absolute Gasteiger partial charge is 0.253 e. The lowest BCUT2D eigenvalue weighted by atomic mass is 10.1. The van der Waals surface area contributed by atoms with Crippen molar-refractivity contribution < 1.29 is 14.3 Å². The van der Waals surface area contributed by atoms with Crippen molar-refractivity contribution in [3.8, 4) is 5.75 Å². The number of nitrogens with zero attached hydrogens (tertiary/aromatic N) is 1. The van der Waals surface area contributed by atoms with Gasteiger partial charge in [-0.2, -0.15) is 0 Å². The Bertz CT molecular complexity index is 741. The van der Waals surface area contributed by atoms with E-state index in [0.717, 1.165) is 24.2 Å². The Hall–Kier alpha value is -2.82. The highest BCUT2D eigenvalue weighted by Gasteiger charge is 2.13. The first-order valence-electron chi connectivity index (χ1n) is 8.81. The Morgan fingerprint density at radius 1 is 1.08 bits per heavy atom. The number of methoxy groups -OCH3 is 1. The van der Waals surface area contributed by atoms with Crippen molar-refractivity contribution in [3.05, 3.63) is 65.2 Å². The third kappa shape index (κ3) is 5.34. The van der Waals surface area contributed by atoms with Gasteiger partial charge in [0, 0.05) is 31.3 Å². The van der Waals surface area contributed by atoms with Gasteiger partial charge in [0.05, 0.1) is 7.11 Å². The molecule has 5 nitrogen and oxygen atoms in total. The van der Waals surface area contributed by atoms with Gasteiger partial charge in [-0.3, -0.25) is 9.59 Å². The van der Waals surface area contributed by atoms with Gasteiger partial charge in [0.25, 0.3) is 11.8 Å². The minimum Gasteiger partial charge on any atom is -0.497 e. The fourth-order valence-electron chi connectivity index (χ4n) is 2.54. The standard InChI is InChI=1S/C21H26N2O3/c1-4-5-13-23(2)21(25)18-8-6-7-17(14-18)20(24)22-15-16-9-11-19(26-3)12-10-16/h6-12,14H,4-5,13,15H2,1-3H3,(H,22,24). The molecule has 0 aliphatic heterocycles. The van der Waals surface area contributed by atoms with E-state index in [9.17, 15) is 9.59 Å². The zero-order valence-electron chi connectivity index (χ0n) is 15.6. The third-order valence-electron chi connectivity index (χ3n) is 4.18. The number of ether oxygens (including phenoxy) is 1. The summed E-state index contributed by atoms with van der Waals surface area (Å²) >= 11 is 0. The molecule has 0 atom stereocenters. The first-order valence-corrected chi connectivity index (χ1v) is 8.81. The molecule has 5 heteroatoms. The Morgan fingerprint density at radius 2 is 1.77 bits per heavy atom. The summed E-state index contributed by atoms with van der Waals surface area (Å²) in [6.07, 6.45) is 2.00. The number of benzene rings is 2. The molecule has 2 rings (SSSR count). The summed E-state index contributed by atoms with van der Waals surface area (Å²) in [4.78, 5) is 26.5. The SMILES string of the molecule is CCCCN(C)C(=O)c1cccc(C(=O)NCc2ccc(OC)cc2)c1. The Balaban J connectivity index is 1.99. The van der Waals surface area contributed by atoms with E-state index in [1.165, 1.54) is 0 Å². The Morgan fingerprint density at radius 3 is 2.42 bits per heavy atom. The van der Waals surface area contributed by atoms with Gasteiger partial charge >= 0.3 is 0 Å². The highest BCUT2D eigenvalue weighted by Crippen LogP contribution is 2.12. The van der Waals surface area contributed by atoms with E-state index in [4.69, 9.17) is 4.74 Å². The average Bonchev–Trinajstić information content (AvgIpc) is 2.70. The van der Waals surface area contributed by atoms with Crippen LogP contribution >= 0.6 is 0 Å². The highest BCUT2D eigenvalue weighted by molar-refractivity contribution is 5.99. The molecule has 2 amide bonds. The molecule has 0 radical (unpaired) electrons. The van der Waals surface area contributed by atoms with Crippen LogP contribution in [-0.2, 0) is 6.54 Å². The summed E-state index contributed by atoms with van der Waals surface area (Å²) in [5.41, 5.74) is 1.99. The van der Waals surface area contributed by atoms with E-state index in [1.54, 1.807) is 43.3 Å². The maximum atomic E-state index is 12.4. The summed E-state index contributed by atoms with van der Waals surface area (Å²) in [6.45, 7) is 3.22. The van der Waals surface area contributed by atoms with Crippen molar-refractivity contribution >= 4 is 11.8 Å². The number of rotatable bonds is 8. The summed E-state index contributed by atoms with van der Waals surface area (Å²) in [7, 11) is 3.40. The van der Waals surface area contributed by atoms with E-state index >= 15 is 0 Å². The highest BCUT2D eigenvalue weighted by atomic mass is 16.5. The third-order valence-corrected chi connectivity index (χ3v) is 4.18. The van der Waals surface area contributed by atoms with Crippen molar-refractivity contribution in [1.29, 1.82) is 0 Å². The van der Waals surface area contributed by atoms with Gasteiger partial charge in [-0.05, 0) is 42.3 Å². The molecule has 2 aromatic carbocycles. The van der Waals surface area contributed by atoms with E-state index in [2.05, 4.69) is 12.2 Å². The predicted molar refractivity (Wildman–Crippen MR) is 102 cm³/mol. The molecule has 0 aliphatic rings. The van der Waals surface area contributed by atoms with Crippen molar-refractivity contribution in [3.63, 3.8) is 0 Å². The molecule has 0 bridgehead atoms. The lowest BCUT2D eigenvalue weighted by Gasteiger charge is -2.17. The van der Waals surface area contributed by atoms with Crippen LogP contribution in [0, 0.1) is 0 Å². The molecule has 0 heterocycles. The van der Waals surface area contributed by atoms with Gasteiger partial charge < -0.3 is 15.0 Å². The largest absolute Gasteiger partial charge is 0.497 e. The van der Waals surface area contributed by atoms with Crippen LogP contribution in [0.1, 0.15) is 46.0 Å². The number of nitrogens with one attached hydrogen (secondary N) is 1. The number of hydrogen-bond acceptors (Lipinski definition) is 3. The van der Waals surface area contributed by atoms with Gasteiger partial charge in [0.1, 0.15) is 5.75 Å². The Labute approximate surface area is 155 Å². The van der Waals surface area contributed by atoms with E-state index in [-0.39, 0.29) is 11.8 Å². The molecular weight excluding hydrogens is 328 g/mol. The molecular formula is C21H26N2O3. The second kappa shape index (κ2) is 9.61. The zero-order valence-corrected chi connectivity index (χ0v) is 15.6. The molecule has 0 unspecified atom stereocenters. The monoisotopic (exact) mass is 354 g/mol.